The molecule has 0 unspecified atom stereocenters. The lowest BCUT2D eigenvalue weighted by Gasteiger charge is -2.18. The maximum Gasteiger partial charge on any atom is 0.131 e. The Balaban J connectivity index is 1.76. The molecule has 21 heavy (non-hydrogen) atoms. The van der Waals surface area contributed by atoms with Crippen molar-refractivity contribution in [1.82, 2.24) is 4.98 Å². The van der Waals surface area contributed by atoms with E-state index in [2.05, 4.69) is 45.5 Å². The van der Waals surface area contributed by atoms with Gasteiger partial charge in [0, 0.05) is 30.2 Å². The van der Waals surface area contributed by atoms with Gasteiger partial charge in [0.2, 0.25) is 0 Å². The van der Waals surface area contributed by atoms with Crippen molar-refractivity contribution >= 4 is 17.2 Å². The highest BCUT2D eigenvalue weighted by Crippen LogP contribution is 2.23. The van der Waals surface area contributed by atoms with Gasteiger partial charge >= 0.3 is 0 Å². The summed E-state index contributed by atoms with van der Waals surface area (Å²) in [7, 11) is 0. The van der Waals surface area contributed by atoms with Gasteiger partial charge in [-0.2, -0.15) is 5.26 Å². The lowest BCUT2D eigenvalue weighted by molar-refractivity contribution is 0.949. The molecule has 1 aromatic heterocycles. The summed E-state index contributed by atoms with van der Waals surface area (Å²) in [4.78, 5) is 6.81. The van der Waals surface area contributed by atoms with E-state index in [9.17, 15) is 0 Å². The Labute approximate surface area is 125 Å². The zero-order valence-corrected chi connectivity index (χ0v) is 12.1. The van der Waals surface area contributed by atoms with Crippen LogP contribution in [-0.4, -0.2) is 18.1 Å². The Morgan fingerprint density at radius 1 is 1.14 bits per heavy atom. The summed E-state index contributed by atoms with van der Waals surface area (Å²) in [5.74, 6) is 0.709. The number of hydrogen-bond donors (Lipinski definition) is 1. The van der Waals surface area contributed by atoms with E-state index in [0.29, 0.717) is 11.4 Å². The number of aromatic nitrogens is 1. The van der Waals surface area contributed by atoms with Crippen LogP contribution in [0.3, 0.4) is 0 Å². The van der Waals surface area contributed by atoms with Crippen LogP contribution in [0.25, 0.3) is 0 Å². The molecule has 0 radical (unpaired) electrons. The van der Waals surface area contributed by atoms with E-state index in [-0.39, 0.29) is 0 Å². The fraction of sp³-hybridized carbons (Fsp3) is 0.294. The number of benzene rings is 1. The molecular weight excluding hydrogens is 260 g/mol. The number of aryl methyl sites for hydroxylation is 1. The summed E-state index contributed by atoms with van der Waals surface area (Å²) in [5, 5.41) is 12.3. The summed E-state index contributed by atoms with van der Waals surface area (Å²) >= 11 is 0. The molecule has 0 spiro atoms. The van der Waals surface area contributed by atoms with E-state index in [0.717, 1.165) is 24.5 Å². The van der Waals surface area contributed by atoms with Gasteiger partial charge in [-0.1, -0.05) is 0 Å². The van der Waals surface area contributed by atoms with Crippen LogP contribution < -0.4 is 10.2 Å². The number of hydrogen-bond acceptors (Lipinski definition) is 4. The quantitative estimate of drug-likeness (QED) is 0.932. The minimum atomic E-state index is 0.624. The predicted octanol–water partition coefficient (Wildman–Crippen LogP) is 3.61. The maximum atomic E-state index is 9.00. The van der Waals surface area contributed by atoms with Crippen molar-refractivity contribution in [2.24, 2.45) is 0 Å². The number of rotatable bonds is 3. The molecule has 1 fully saturated rings. The molecule has 106 valence electrons. The SMILES string of the molecule is Cc1cc(C#N)cc(Nc2ccc(N3CCCC3)cc2)n1. The van der Waals surface area contributed by atoms with Gasteiger partial charge in [0.25, 0.3) is 0 Å². The number of nitrogens with one attached hydrogen (secondary N) is 1. The van der Waals surface area contributed by atoms with Gasteiger partial charge in [0.15, 0.2) is 0 Å². The number of nitriles is 1. The zero-order chi connectivity index (χ0) is 14.7. The molecule has 2 aromatic rings. The Hall–Kier alpha value is -2.54. The van der Waals surface area contributed by atoms with Crippen LogP contribution in [0.1, 0.15) is 24.1 Å². The zero-order valence-electron chi connectivity index (χ0n) is 12.1. The molecule has 3 rings (SSSR count). The van der Waals surface area contributed by atoms with Crippen molar-refractivity contribution in [1.29, 1.82) is 5.26 Å². The molecule has 0 aliphatic carbocycles. The molecule has 0 atom stereocenters. The third kappa shape index (κ3) is 3.14. The van der Waals surface area contributed by atoms with Gasteiger partial charge in [-0.05, 0) is 56.2 Å². The molecule has 2 heterocycles. The maximum absolute atomic E-state index is 9.00. The largest absolute Gasteiger partial charge is 0.372 e. The lowest BCUT2D eigenvalue weighted by atomic mass is 10.2. The average Bonchev–Trinajstić information content (AvgIpc) is 3.01. The molecule has 1 aliphatic rings. The summed E-state index contributed by atoms with van der Waals surface area (Å²) < 4.78 is 0. The number of nitrogens with zero attached hydrogens (tertiary/aromatic N) is 3. The topological polar surface area (TPSA) is 52.0 Å². The third-order valence-corrected chi connectivity index (χ3v) is 3.69. The van der Waals surface area contributed by atoms with Crippen molar-refractivity contribution in [3.63, 3.8) is 0 Å². The molecule has 1 saturated heterocycles. The van der Waals surface area contributed by atoms with E-state index >= 15 is 0 Å². The first-order valence-electron chi connectivity index (χ1n) is 7.25. The van der Waals surface area contributed by atoms with Crippen LogP contribution in [0.15, 0.2) is 36.4 Å². The molecule has 0 saturated carbocycles. The Bertz CT molecular complexity index is 664. The standard InChI is InChI=1S/C17H18N4/c1-13-10-14(12-18)11-17(19-13)20-15-4-6-16(7-5-15)21-8-2-3-9-21/h4-7,10-11H,2-3,8-9H2,1H3,(H,19,20). The van der Waals surface area contributed by atoms with Gasteiger partial charge in [-0.15, -0.1) is 0 Å². The first kappa shape index (κ1) is 13.4. The first-order valence-corrected chi connectivity index (χ1v) is 7.25. The van der Waals surface area contributed by atoms with Crippen molar-refractivity contribution in [2.45, 2.75) is 19.8 Å². The smallest absolute Gasteiger partial charge is 0.131 e. The Morgan fingerprint density at radius 2 is 1.86 bits per heavy atom. The van der Waals surface area contributed by atoms with Gasteiger partial charge in [0.1, 0.15) is 5.82 Å². The summed E-state index contributed by atoms with van der Waals surface area (Å²) in [6, 6.07) is 14.1. The van der Waals surface area contributed by atoms with Gasteiger partial charge < -0.3 is 10.2 Å². The van der Waals surface area contributed by atoms with E-state index in [1.54, 1.807) is 12.1 Å². The van der Waals surface area contributed by atoms with Gasteiger partial charge in [0.05, 0.1) is 11.6 Å². The molecule has 0 amide bonds. The predicted molar refractivity (Wildman–Crippen MR) is 84.9 cm³/mol. The van der Waals surface area contributed by atoms with Crippen molar-refractivity contribution in [2.75, 3.05) is 23.3 Å². The summed E-state index contributed by atoms with van der Waals surface area (Å²) in [6.45, 7) is 4.19. The molecule has 1 N–H and O–H groups in total. The van der Waals surface area contributed by atoms with E-state index in [1.165, 1.54) is 18.5 Å². The monoisotopic (exact) mass is 278 g/mol. The van der Waals surface area contributed by atoms with Crippen molar-refractivity contribution < 1.29 is 0 Å². The summed E-state index contributed by atoms with van der Waals surface area (Å²) in [6.07, 6.45) is 2.56. The van der Waals surface area contributed by atoms with Crippen LogP contribution in [0.2, 0.25) is 0 Å². The minimum absolute atomic E-state index is 0.624. The second-order valence-electron chi connectivity index (χ2n) is 5.36. The fourth-order valence-electron chi connectivity index (χ4n) is 2.68. The number of anilines is 3. The minimum Gasteiger partial charge on any atom is -0.372 e. The molecule has 1 aromatic carbocycles. The van der Waals surface area contributed by atoms with Crippen molar-refractivity contribution in [3.05, 3.63) is 47.7 Å². The highest BCUT2D eigenvalue weighted by molar-refractivity contribution is 5.62. The Kier molecular flexibility index (Phi) is 3.74. The molecular formula is C17H18N4. The molecule has 0 bridgehead atoms. The highest BCUT2D eigenvalue weighted by Gasteiger charge is 2.11. The van der Waals surface area contributed by atoms with E-state index in [1.807, 2.05) is 6.92 Å². The van der Waals surface area contributed by atoms with E-state index < -0.39 is 0 Å². The van der Waals surface area contributed by atoms with Crippen molar-refractivity contribution in [3.8, 4) is 6.07 Å². The van der Waals surface area contributed by atoms with E-state index in [4.69, 9.17) is 5.26 Å². The molecule has 1 aliphatic heterocycles. The normalized spacial score (nSPS) is 14.0. The molecule has 4 nitrogen and oxygen atoms in total. The third-order valence-electron chi connectivity index (χ3n) is 3.69. The van der Waals surface area contributed by atoms with Crippen LogP contribution >= 0.6 is 0 Å². The van der Waals surface area contributed by atoms with Crippen LogP contribution in [0.4, 0.5) is 17.2 Å². The fourth-order valence-corrected chi connectivity index (χ4v) is 2.68. The molecule has 4 heteroatoms. The first-order chi connectivity index (χ1) is 10.2. The lowest BCUT2D eigenvalue weighted by Crippen LogP contribution is -2.17. The average molecular weight is 278 g/mol. The van der Waals surface area contributed by atoms with Crippen LogP contribution in [0.5, 0.6) is 0 Å². The van der Waals surface area contributed by atoms with Gasteiger partial charge in [-0.3, -0.25) is 0 Å². The highest BCUT2D eigenvalue weighted by atomic mass is 15.1. The van der Waals surface area contributed by atoms with Crippen LogP contribution in [-0.2, 0) is 0 Å². The van der Waals surface area contributed by atoms with Crippen LogP contribution in [0, 0.1) is 18.3 Å². The second-order valence-corrected chi connectivity index (χ2v) is 5.36. The van der Waals surface area contributed by atoms with Gasteiger partial charge in [-0.25, -0.2) is 4.98 Å². The number of pyridine rings is 1. The Morgan fingerprint density at radius 3 is 2.52 bits per heavy atom. The second kappa shape index (κ2) is 5.84. The summed E-state index contributed by atoms with van der Waals surface area (Å²) in [5.41, 5.74) is 3.72.